The molecule has 0 saturated carbocycles. The van der Waals surface area contributed by atoms with Crippen LogP contribution in [0.3, 0.4) is 0 Å². The minimum Gasteiger partial charge on any atom is -0.266 e. The van der Waals surface area contributed by atoms with Crippen molar-refractivity contribution < 1.29 is 9.18 Å². The number of hydrogen-bond acceptors (Lipinski definition) is 3. The minimum absolute atomic E-state index is 0.287. The lowest BCUT2D eigenvalue weighted by Crippen LogP contribution is -2.32. The number of aliphatic imine (C=N–C) groups is 1. The Labute approximate surface area is 213 Å². The maximum absolute atomic E-state index is 14.3. The van der Waals surface area contributed by atoms with Gasteiger partial charge in [0.25, 0.3) is 5.91 Å². The Morgan fingerprint density at radius 1 is 0.778 bits per heavy atom. The van der Waals surface area contributed by atoms with Crippen LogP contribution in [0.1, 0.15) is 5.56 Å². The van der Waals surface area contributed by atoms with Crippen molar-refractivity contribution in [2.24, 2.45) is 4.99 Å². The summed E-state index contributed by atoms with van der Waals surface area (Å²) in [6.45, 7) is -2.71. The van der Waals surface area contributed by atoms with Crippen LogP contribution < -0.4 is 15.9 Å². The molecule has 4 aromatic carbocycles. The normalized spacial score (nSPS) is 14.4. The topological polar surface area (TPSA) is 53.2 Å². The Hall–Kier alpha value is -3.97. The number of halogens is 1. The second-order valence-corrected chi connectivity index (χ2v) is 12.4. The zero-order valence-electron chi connectivity index (χ0n) is 19.1. The summed E-state index contributed by atoms with van der Waals surface area (Å²) in [5, 5.41) is 14.4. The van der Waals surface area contributed by atoms with Crippen LogP contribution in [0.25, 0.3) is 6.08 Å². The average Bonchev–Trinajstić information content (AvgIpc) is 3.29. The lowest BCUT2D eigenvalue weighted by molar-refractivity contribution is -0.113. The lowest BCUT2D eigenvalue weighted by Gasteiger charge is -2.30. The molecule has 1 aliphatic rings. The summed E-state index contributed by atoms with van der Waals surface area (Å²) in [7, 11) is 0. The maximum atomic E-state index is 14.3. The Balaban J connectivity index is 1.81. The van der Waals surface area contributed by atoms with Gasteiger partial charge in [0.2, 0.25) is 0 Å². The number of carbonyl (C=O) groups is 1. The van der Waals surface area contributed by atoms with Crippen LogP contribution in [0.4, 0.5) is 4.39 Å². The van der Waals surface area contributed by atoms with Crippen LogP contribution in [0.5, 0.6) is 0 Å². The third-order valence-electron chi connectivity index (χ3n) is 5.89. The Morgan fingerprint density at radius 2 is 1.25 bits per heavy atom. The number of nitriles is 1. The predicted molar refractivity (Wildman–Crippen MR) is 150 cm³/mol. The van der Waals surface area contributed by atoms with Gasteiger partial charge in [0.05, 0.1) is 10.2 Å². The van der Waals surface area contributed by atoms with Gasteiger partial charge < -0.3 is 0 Å². The molecule has 4 aromatic rings. The van der Waals surface area contributed by atoms with Crippen molar-refractivity contribution in [2.75, 3.05) is 0 Å². The van der Waals surface area contributed by atoms with E-state index in [1.165, 1.54) is 12.1 Å². The zero-order valence-corrected chi connectivity index (χ0v) is 20.8. The van der Waals surface area contributed by atoms with Gasteiger partial charge in [-0.1, -0.05) is 121 Å². The molecule has 0 aromatic heterocycles. The smallest absolute Gasteiger partial charge is 0.266 e. The van der Waals surface area contributed by atoms with Crippen molar-refractivity contribution in [2.45, 2.75) is 0 Å². The molecule has 0 radical (unpaired) electrons. The minimum atomic E-state index is -2.71. The fourth-order valence-electron chi connectivity index (χ4n) is 4.30. The van der Waals surface area contributed by atoms with Crippen molar-refractivity contribution in [1.82, 2.24) is 0 Å². The third-order valence-corrected chi connectivity index (χ3v) is 11.2. The molecule has 174 valence electrons. The summed E-state index contributed by atoms with van der Waals surface area (Å²) < 4.78 is 14.3. The van der Waals surface area contributed by atoms with Crippen molar-refractivity contribution in [3.05, 3.63) is 132 Å². The predicted octanol–water partition coefficient (Wildman–Crippen LogP) is 5.53. The van der Waals surface area contributed by atoms with E-state index in [1.807, 2.05) is 91.0 Å². The first-order valence-corrected chi connectivity index (χ1v) is 13.9. The molecule has 0 atom stereocenters. The number of carbonyl (C=O) groups excluding carboxylic acids is 1. The number of hydrogen-bond donors (Lipinski definition) is 0. The molecule has 1 heterocycles. The third kappa shape index (κ3) is 4.27. The molecule has 0 saturated heterocycles. The highest BCUT2D eigenvalue weighted by Gasteiger charge is 2.35. The number of rotatable bonds is 5. The molecular weight excluding hydrogens is 486 g/mol. The first-order valence-electron chi connectivity index (χ1n) is 11.3. The van der Waals surface area contributed by atoms with Gasteiger partial charge in [0, 0.05) is 5.56 Å². The van der Waals surface area contributed by atoms with Crippen LogP contribution in [-0.2, 0) is 4.79 Å². The molecular formula is C30H20FN2OPS. The highest BCUT2D eigenvalue weighted by atomic mass is 32.2. The summed E-state index contributed by atoms with van der Waals surface area (Å²) in [5.74, 6) is -0.894. The molecule has 0 N–H and O–H groups in total. The molecule has 1 aliphatic heterocycles. The molecule has 0 bridgehead atoms. The van der Waals surface area contributed by atoms with Gasteiger partial charge in [0.15, 0.2) is 0 Å². The molecule has 3 nitrogen and oxygen atoms in total. The number of amides is 1. The van der Waals surface area contributed by atoms with Crippen molar-refractivity contribution in [3.63, 3.8) is 0 Å². The second kappa shape index (κ2) is 10.3. The largest absolute Gasteiger partial charge is 0.284 e. The van der Waals surface area contributed by atoms with E-state index in [9.17, 15) is 14.4 Å². The van der Waals surface area contributed by atoms with Crippen LogP contribution in [-0.4, -0.2) is 16.2 Å². The number of thioether (sulfide) groups is 1. The van der Waals surface area contributed by atoms with Gasteiger partial charge >= 0.3 is 0 Å². The molecule has 0 fully saturated rings. The van der Waals surface area contributed by atoms with Gasteiger partial charge in [-0.15, -0.1) is 0 Å². The van der Waals surface area contributed by atoms with E-state index in [2.05, 4.69) is 11.1 Å². The van der Waals surface area contributed by atoms with E-state index in [0.29, 0.717) is 15.9 Å². The van der Waals surface area contributed by atoms with Crippen LogP contribution in [0, 0.1) is 17.1 Å². The molecule has 0 unspecified atom stereocenters. The van der Waals surface area contributed by atoms with Gasteiger partial charge in [-0.25, -0.2) is 9.38 Å². The fourth-order valence-corrected chi connectivity index (χ4v) is 9.66. The summed E-state index contributed by atoms with van der Waals surface area (Å²) in [6, 6.07) is 38.5. The van der Waals surface area contributed by atoms with Crippen molar-refractivity contribution >= 4 is 56.9 Å². The summed E-state index contributed by atoms with van der Waals surface area (Å²) in [6.07, 6.45) is 1.50. The average molecular weight is 507 g/mol. The number of benzene rings is 4. The van der Waals surface area contributed by atoms with E-state index < -0.39 is 18.6 Å². The molecule has 5 rings (SSSR count). The fraction of sp³-hybridized carbons (Fsp3) is 0. The Bertz CT molecular complexity index is 1490. The molecule has 0 spiro atoms. The van der Waals surface area contributed by atoms with Crippen LogP contribution >= 0.6 is 18.6 Å². The van der Waals surface area contributed by atoms with Crippen LogP contribution in [0.15, 0.2) is 125 Å². The standard InChI is InChI=1S/C30H20FN2OPS/c31-26-19-11-10-12-22(26)20-28-29(34)33-30(36-28)27(21-32)35(23-13-4-1-5-14-23,24-15-6-2-7-16-24)25-17-8-3-9-18-25/h1-20H/b28-20-. The SMILES string of the molecule is N#CC(C1=NC(=O)/C(=C/c2ccccc2F)S1)=P(c1ccccc1)(c1ccccc1)c1ccccc1. The van der Waals surface area contributed by atoms with Gasteiger partial charge in [0.1, 0.15) is 16.9 Å². The lowest BCUT2D eigenvalue weighted by atomic mass is 10.2. The first kappa shape index (κ1) is 23.8. The van der Waals surface area contributed by atoms with Gasteiger partial charge in [-0.05, 0) is 34.9 Å². The quantitative estimate of drug-likeness (QED) is 0.264. The Morgan fingerprint density at radius 3 is 1.72 bits per heavy atom. The maximum Gasteiger partial charge on any atom is 0.284 e. The zero-order chi connectivity index (χ0) is 25.0. The molecule has 1 amide bonds. The van der Waals surface area contributed by atoms with E-state index in [4.69, 9.17) is 0 Å². The van der Waals surface area contributed by atoms with Crippen molar-refractivity contribution in [1.29, 1.82) is 5.26 Å². The van der Waals surface area contributed by atoms with Crippen LogP contribution in [0.2, 0.25) is 0 Å². The summed E-state index contributed by atoms with van der Waals surface area (Å²) >= 11 is 1.13. The van der Waals surface area contributed by atoms with Crippen molar-refractivity contribution in [3.8, 4) is 6.07 Å². The van der Waals surface area contributed by atoms with E-state index in [-0.39, 0.29) is 4.91 Å². The first-order chi connectivity index (χ1) is 17.6. The second-order valence-electron chi connectivity index (χ2n) is 7.99. The molecule has 0 aliphatic carbocycles. The van der Waals surface area contributed by atoms with E-state index in [1.54, 1.807) is 18.2 Å². The highest BCUT2D eigenvalue weighted by molar-refractivity contribution is 8.22. The van der Waals surface area contributed by atoms with E-state index in [0.717, 1.165) is 27.7 Å². The van der Waals surface area contributed by atoms with E-state index >= 15 is 0 Å². The molecule has 6 heteroatoms. The Kier molecular flexibility index (Phi) is 6.82. The highest BCUT2D eigenvalue weighted by Crippen LogP contribution is 2.48. The van der Waals surface area contributed by atoms with Gasteiger partial charge in [-0.3, -0.25) is 4.79 Å². The molecule has 36 heavy (non-hydrogen) atoms. The summed E-state index contributed by atoms with van der Waals surface area (Å²) in [4.78, 5) is 17.6. The van der Waals surface area contributed by atoms with Gasteiger partial charge in [-0.2, -0.15) is 5.26 Å². The monoisotopic (exact) mass is 506 g/mol. The summed E-state index contributed by atoms with van der Waals surface area (Å²) in [5.41, 5.74) is 0.304. The number of nitrogens with zero attached hydrogens (tertiary/aromatic N) is 2.